The first-order chi connectivity index (χ1) is 2.89. The molecule has 0 aliphatic rings. The van der Waals surface area contributed by atoms with Crippen LogP contribution in [0, 0.1) is 6.92 Å². The van der Waals surface area contributed by atoms with Gasteiger partial charge < -0.3 is 0 Å². The summed E-state index contributed by atoms with van der Waals surface area (Å²) in [7, 11) is 0. The van der Waals surface area contributed by atoms with Gasteiger partial charge in [0.05, 0.1) is 6.20 Å². The number of H-pyrrole nitrogens is 2. The van der Waals surface area contributed by atoms with E-state index >= 15 is 0 Å². The van der Waals surface area contributed by atoms with Crippen molar-refractivity contribution in [2.75, 3.05) is 0 Å². The first-order valence-electron chi connectivity index (χ1n) is 1.90. The van der Waals surface area contributed by atoms with E-state index < -0.39 is 0 Å². The van der Waals surface area contributed by atoms with Crippen LogP contribution in [-0.2, 0) is 0 Å². The fraction of sp³-hybridized carbons (Fsp3) is 0.250. The highest BCUT2D eigenvalue weighted by Gasteiger charge is 1.81. The Morgan fingerprint density at radius 2 is 2.67 bits per heavy atom. The third kappa shape index (κ3) is 0.407. The predicted octanol–water partition coefficient (Wildman–Crippen LogP) is 0.137. The maximum atomic E-state index is 2.80. The van der Waals surface area contributed by atoms with Crippen LogP contribution in [0.3, 0.4) is 0 Å². The zero-order chi connectivity index (χ0) is 4.41. The summed E-state index contributed by atoms with van der Waals surface area (Å²) >= 11 is 0. The maximum absolute atomic E-state index is 2.80. The fourth-order valence-corrected chi connectivity index (χ4v) is 0.353. The van der Waals surface area contributed by atoms with Crippen LogP contribution in [0.1, 0.15) is 5.56 Å². The Balaban J connectivity index is 3.05. The molecule has 0 spiro atoms. The molecule has 1 heterocycles. The van der Waals surface area contributed by atoms with E-state index in [9.17, 15) is 0 Å². The van der Waals surface area contributed by atoms with Crippen molar-refractivity contribution < 1.29 is 5.10 Å². The molecule has 1 aromatic rings. The van der Waals surface area contributed by atoms with Crippen molar-refractivity contribution in [3.8, 4) is 0 Å². The average molecular weight is 83.1 g/mol. The van der Waals surface area contributed by atoms with Gasteiger partial charge >= 0.3 is 0 Å². The highest BCUT2D eigenvalue weighted by atomic mass is 15.1. The minimum atomic E-state index is 1.23. The van der Waals surface area contributed by atoms with Crippen LogP contribution in [0.2, 0.25) is 0 Å². The molecule has 1 aromatic heterocycles. The molecule has 0 aliphatic carbocycles. The molecule has 2 heteroatoms. The number of hydrogen-bond donors (Lipinski definition) is 1. The number of aromatic nitrogens is 2. The molecule has 2 nitrogen and oxygen atoms in total. The van der Waals surface area contributed by atoms with Gasteiger partial charge in [-0.25, -0.2) is 0 Å². The number of aryl methyl sites for hydroxylation is 1. The molecule has 0 amide bonds. The summed E-state index contributed by atoms with van der Waals surface area (Å²) in [6, 6.07) is 0. The summed E-state index contributed by atoms with van der Waals surface area (Å²) in [6.45, 7) is 2.02. The standard InChI is InChI=1S/C4H6N2/c1-4-2-5-6-3-4/h2-3H,1H3,(H,5,6)/p+1. The summed E-state index contributed by atoms with van der Waals surface area (Å²) in [6.07, 6.45) is 3.81. The second kappa shape index (κ2) is 1.12. The van der Waals surface area contributed by atoms with E-state index in [1.807, 2.05) is 19.3 Å². The lowest BCUT2D eigenvalue weighted by Crippen LogP contribution is -1.96. The van der Waals surface area contributed by atoms with E-state index in [4.69, 9.17) is 0 Å². The molecule has 0 atom stereocenters. The number of rotatable bonds is 0. The molecule has 0 bridgehead atoms. The topological polar surface area (TPSA) is 29.9 Å². The molecule has 0 saturated heterocycles. The summed E-state index contributed by atoms with van der Waals surface area (Å²) in [4.78, 5) is 0. The van der Waals surface area contributed by atoms with Gasteiger partial charge in [-0.15, -0.1) is 5.10 Å². The van der Waals surface area contributed by atoms with Crippen LogP contribution < -0.4 is 5.10 Å². The van der Waals surface area contributed by atoms with Crippen molar-refractivity contribution in [3.05, 3.63) is 18.0 Å². The third-order valence-electron chi connectivity index (χ3n) is 0.683. The first-order valence-corrected chi connectivity index (χ1v) is 1.90. The highest BCUT2D eigenvalue weighted by Crippen LogP contribution is 1.80. The van der Waals surface area contributed by atoms with E-state index in [0.717, 1.165) is 0 Å². The fourth-order valence-electron chi connectivity index (χ4n) is 0.353. The maximum Gasteiger partial charge on any atom is 0.195 e. The summed E-state index contributed by atoms with van der Waals surface area (Å²) in [5, 5.41) is 5.61. The normalized spacial score (nSPS) is 8.83. The summed E-state index contributed by atoms with van der Waals surface area (Å²) in [5.74, 6) is 0. The summed E-state index contributed by atoms with van der Waals surface area (Å²) < 4.78 is 0. The zero-order valence-corrected chi connectivity index (χ0v) is 3.65. The third-order valence-corrected chi connectivity index (χ3v) is 0.683. The minimum Gasteiger partial charge on any atom is -0.175 e. The van der Waals surface area contributed by atoms with E-state index in [0.29, 0.717) is 0 Å². The molecule has 0 aromatic carbocycles. The monoisotopic (exact) mass is 83.1 g/mol. The number of hydrogen-bond acceptors (Lipinski definition) is 0. The average Bonchev–Trinajstić information content (AvgIpc) is 1.86. The van der Waals surface area contributed by atoms with Crippen LogP contribution in [-0.4, -0.2) is 5.10 Å². The van der Waals surface area contributed by atoms with Crippen molar-refractivity contribution in [3.63, 3.8) is 0 Å². The number of nitrogens with one attached hydrogen (secondary N) is 2. The highest BCUT2D eigenvalue weighted by molar-refractivity contribution is 4.92. The largest absolute Gasteiger partial charge is 0.195 e. The molecule has 0 aliphatic heterocycles. The minimum absolute atomic E-state index is 1.23. The van der Waals surface area contributed by atoms with Crippen LogP contribution in [0.5, 0.6) is 0 Å². The molecular weight excluding hydrogens is 76.1 g/mol. The van der Waals surface area contributed by atoms with Gasteiger partial charge in [0.2, 0.25) is 0 Å². The summed E-state index contributed by atoms with van der Waals surface area (Å²) in [5.41, 5.74) is 1.23. The molecular formula is C4H7N2+. The Hall–Kier alpha value is -0.790. The van der Waals surface area contributed by atoms with Gasteiger partial charge in [-0.1, -0.05) is 0 Å². The van der Waals surface area contributed by atoms with Gasteiger partial charge in [0.25, 0.3) is 0 Å². The molecule has 0 saturated carbocycles. The van der Waals surface area contributed by atoms with E-state index in [1.165, 1.54) is 5.56 Å². The molecule has 0 fully saturated rings. The van der Waals surface area contributed by atoms with Gasteiger partial charge in [-0.3, -0.25) is 0 Å². The van der Waals surface area contributed by atoms with E-state index in [2.05, 4.69) is 10.2 Å². The van der Waals surface area contributed by atoms with Crippen molar-refractivity contribution in [1.82, 2.24) is 5.10 Å². The Kier molecular flexibility index (Phi) is 0.638. The van der Waals surface area contributed by atoms with Crippen LogP contribution in [0.4, 0.5) is 0 Å². The Labute approximate surface area is 36.2 Å². The van der Waals surface area contributed by atoms with Crippen molar-refractivity contribution in [1.29, 1.82) is 0 Å². The lowest BCUT2D eigenvalue weighted by atomic mass is 10.4. The Morgan fingerprint density at radius 1 is 1.83 bits per heavy atom. The Bertz CT molecular complexity index is 109. The van der Waals surface area contributed by atoms with Gasteiger partial charge in [-0.05, 0) is 6.92 Å². The predicted molar refractivity (Wildman–Crippen MR) is 22.1 cm³/mol. The SMILES string of the molecule is Cc1c[nH][nH+]c1. The van der Waals surface area contributed by atoms with Crippen LogP contribution >= 0.6 is 0 Å². The molecule has 0 unspecified atom stereocenters. The van der Waals surface area contributed by atoms with Gasteiger partial charge in [0.15, 0.2) is 6.20 Å². The molecule has 6 heavy (non-hydrogen) atoms. The van der Waals surface area contributed by atoms with Crippen molar-refractivity contribution in [2.24, 2.45) is 0 Å². The van der Waals surface area contributed by atoms with Gasteiger partial charge in [0.1, 0.15) is 0 Å². The van der Waals surface area contributed by atoms with E-state index in [-0.39, 0.29) is 0 Å². The smallest absolute Gasteiger partial charge is 0.175 e. The quantitative estimate of drug-likeness (QED) is 0.462. The zero-order valence-electron chi connectivity index (χ0n) is 3.65. The van der Waals surface area contributed by atoms with Gasteiger partial charge in [0, 0.05) is 5.56 Å². The molecule has 2 N–H and O–H groups in total. The number of aromatic amines is 2. The lowest BCUT2D eigenvalue weighted by Gasteiger charge is -1.57. The lowest BCUT2D eigenvalue weighted by molar-refractivity contribution is -0.449. The second-order valence-corrected chi connectivity index (χ2v) is 1.32. The van der Waals surface area contributed by atoms with E-state index in [1.54, 1.807) is 0 Å². The van der Waals surface area contributed by atoms with Crippen LogP contribution in [0.15, 0.2) is 12.4 Å². The van der Waals surface area contributed by atoms with Gasteiger partial charge in [-0.2, -0.15) is 5.10 Å². The van der Waals surface area contributed by atoms with Crippen molar-refractivity contribution in [2.45, 2.75) is 6.92 Å². The first kappa shape index (κ1) is 3.40. The Morgan fingerprint density at radius 3 is 2.83 bits per heavy atom. The molecule has 32 valence electrons. The second-order valence-electron chi connectivity index (χ2n) is 1.32. The molecule has 1 rings (SSSR count). The van der Waals surface area contributed by atoms with Crippen LogP contribution in [0.25, 0.3) is 0 Å². The van der Waals surface area contributed by atoms with Crippen molar-refractivity contribution >= 4 is 0 Å². The molecule has 0 radical (unpaired) electrons.